The van der Waals surface area contributed by atoms with Crippen molar-refractivity contribution in [2.45, 2.75) is 11.8 Å². The van der Waals surface area contributed by atoms with Crippen LogP contribution in [-0.4, -0.2) is 50.0 Å². The van der Waals surface area contributed by atoms with Crippen LogP contribution in [0.25, 0.3) is 0 Å². The molecule has 0 saturated heterocycles. The van der Waals surface area contributed by atoms with E-state index >= 15 is 0 Å². The number of halogens is 1. The van der Waals surface area contributed by atoms with E-state index in [2.05, 4.69) is 20.7 Å². The Labute approximate surface area is 130 Å². The first kappa shape index (κ1) is 17.6. The van der Waals surface area contributed by atoms with Crippen LogP contribution >= 0.6 is 15.9 Å². The van der Waals surface area contributed by atoms with Crippen molar-refractivity contribution >= 4 is 37.9 Å². The molecule has 0 aliphatic carbocycles. The Kier molecular flexibility index (Phi) is 5.87. The maximum Gasteiger partial charge on any atom is 0.335 e. The fraction of sp³-hybridized carbons (Fsp3) is 0.333. The first-order valence-corrected chi connectivity index (χ1v) is 8.08. The lowest BCUT2D eigenvalue weighted by molar-refractivity contribution is -0.143. The van der Waals surface area contributed by atoms with Gasteiger partial charge in [0.2, 0.25) is 10.0 Å². The number of esters is 1. The molecule has 0 bridgehead atoms. The number of sulfonamides is 1. The molecule has 1 N–H and O–H groups in total. The van der Waals surface area contributed by atoms with E-state index in [0.717, 1.165) is 10.4 Å². The van der Waals surface area contributed by atoms with Gasteiger partial charge in [0.05, 0.1) is 17.1 Å². The van der Waals surface area contributed by atoms with Crippen LogP contribution in [0.5, 0.6) is 0 Å². The van der Waals surface area contributed by atoms with Gasteiger partial charge >= 0.3 is 11.9 Å². The van der Waals surface area contributed by atoms with Gasteiger partial charge in [0.1, 0.15) is 6.54 Å². The van der Waals surface area contributed by atoms with Crippen LogP contribution in [0, 0.1) is 0 Å². The predicted octanol–water partition coefficient (Wildman–Crippen LogP) is 1.33. The molecule has 0 saturated carbocycles. The first-order chi connectivity index (χ1) is 9.70. The number of benzene rings is 1. The Bertz CT molecular complexity index is 658. The van der Waals surface area contributed by atoms with E-state index in [1.807, 2.05) is 0 Å². The van der Waals surface area contributed by atoms with Crippen LogP contribution in [-0.2, 0) is 19.6 Å². The quantitative estimate of drug-likeness (QED) is 0.748. The van der Waals surface area contributed by atoms with E-state index < -0.39 is 28.5 Å². The number of carbonyl (C=O) groups excluding carboxylic acids is 1. The van der Waals surface area contributed by atoms with Crippen molar-refractivity contribution in [2.75, 3.05) is 20.2 Å². The van der Waals surface area contributed by atoms with Gasteiger partial charge in [-0.05, 0) is 41.1 Å². The van der Waals surface area contributed by atoms with Crippen molar-refractivity contribution in [3.63, 3.8) is 0 Å². The SMILES string of the molecule is CCOC(=O)CN(C)S(=O)(=O)c1cc(C(=O)O)ccc1Br. The highest BCUT2D eigenvalue weighted by Gasteiger charge is 2.26. The Morgan fingerprint density at radius 1 is 1.38 bits per heavy atom. The molecule has 1 aromatic rings. The average Bonchev–Trinajstić information content (AvgIpc) is 2.38. The largest absolute Gasteiger partial charge is 0.478 e. The first-order valence-electron chi connectivity index (χ1n) is 5.85. The molecule has 0 fully saturated rings. The molecular formula is C12H14BrNO6S. The van der Waals surface area contributed by atoms with E-state index in [1.54, 1.807) is 6.92 Å². The second kappa shape index (κ2) is 7.01. The molecule has 0 aromatic heterocycles. The summed E-state index contributed by atoms with van der Waals surface area (Å²) in [5.41, 5.74) is -0.165. The van der Waals surface area contributed by atoms with Crippen molar-refractivity contribution in [3.05, 3.63) is 28.2 Å². The van der Waals surface area contributed by atoms with E-state index in [9.17, 15) is 18.0 Å². The minimum absolute atomic E-state index is 0.144. The molecule has 21 heavy (non-hydrogen) atoms. The number of carboxylic acid groups (broad SMARTS) is 1. The van der Waals surface area contributed by atoms with Gasteiger partial charge in [0, 0.05) is 11.5 Å². The van der Waals surface area contributed by atoms with Crippen molar-refractivity contribution in [1.82, 2.24) is 4.31 Å². The molecule has 1 aromatic carbocycles. The molecule has 7 nitrogen and oxygen atoms in total. The average molecular weight is 380 g/mol. The molecular weight excluding hydrogens is 366 g/mol. The molecule has 0 aliphatic heterocycles. The fourth-order valence-corrected chi connectivity index (χ4v) is 3.54. The lowest BCUT2D eigenvalue weighted by Gasteiger charge is -2.17. The summed E-state index contributed by atoms with van der Waals surface area (Å²) in [7, 11) is -2.80. The number of carboxylic acids is 1. The van der Waals surface area contributed by atoms with Crippen LogP contribution in [0.15, 0.2) is 27.6 Å². The van der Waals surface area contributed by atoms with Crippen LogP contribution in [0.1, 0.15) is 17.3 Å². The molecule has 0 amide bonds. The normalized spacial score (nSPS) is 11.4. The predicted molar refractivity (Wildman–Crippen MR) is 77.6 cm³/mol. The number of hydrogen-bond donors (Lipinski definition) is 1. The van der Waals surface area contributed by atoms with E-state index in [4.69, 9.17) is 5.11 Å². The number of nitrogens with zero attached hydrogens (tertiary/aromatic N) is 1. The highest BCUT2D eigenvalue weighted by atomic mass is 79.9. The zero-order valence-electron chi connectivity index (χ0n) is 11.4. The molecule has 0 radical (unpaired) electrons. The van der Waals surface area contributed by atoms with Gasteiger partial charge in [-0.1, -0.05) is 0 Å². The third-order valence-electron chi connectivity index (χ3n) is 2.52. The number of aromatic carboxylic acids is 1. The third kappa shape index (κ3) is 4.26. The summed E-state index contributed by atoms with van der Waals surface area (Å²) < 4.78 is 30.4. The maximum absolute atomic E-state index is 12.4. The summed E-state index contributed by atoms with van der Waals surface area (Å²) in [6.07, 6.45) is 0. The summed E-state index contributed by atoms with van der Waals surface area (Å²) in [5, 5.41) is 8.92. The second-order valence-electron chi connectivity index (χ2n) is 4.02. The molecule has 0 spiro atoms. The number of hydrogen-bond acceptors (Lipinski definition) is 5. The van der Waals surface area contributed by atoms with Crippen LogP contribution in [0.2, 0.25) is 0 Å². The third-order valence-corrected chi connectivity index (χ3v) is 5.32. The standard InChI is InChI=1S/C12H14BrNO6S/c1-3-20-11(15)7-14(2)21(18,19)10-6-8(12(16)17)4-5-9(10)13/h4-6H,3,7H2,1-2H3,(H,16,17). The monoisotopic (exact) mass is 379 g/mol. The maximum atomic E-state index is 12.4. The van der Waals surface area contributed by atoms with E-state index in [0.29, 0.717) is 0 Å². The molecule has 0 atom stereocenters. The Balaban J connectivity index is 3.15. The Hall–Kier alpha value is -1.45. The van der Waals surface area contributed by atoms with Crippen LogP contribution < -0.4 is 0 Å². The van der Waals surface area contributed by atoms with Crippen LogP contribution in [0.4, 0.5) is 0 Å². The summed E-state index contributed by atoms with van der Waals surface area (Å²) in [5.74, 6) is -1.93. The summed E-state index contributed by atoms with van der Waals surface area (Å²) >= 11 is 3.07. The Morgan fingerprint density at radius 3 is 2.52 bits per heavy atom. The summed E-state index contributed by atoms with van der Waals surface area (Å²) in [6.45, 7) is 1.30. The lowest BCUT2D eigenvalue weighted by Crippen LogP contribution is -2.33. The summed E-state index contributed by atoms with van der Waals surface area (Å²) in [6, 6.07) is 3.63. The molecule has 9 heteroatoms. The van der Waals surface area contributed by atoms with Gasteiger partial charge < -0.3 is 9.84 Å². The lowest BCUT2D eigenvalue weighted by atomic mass is 10.2. The van der Waals surface area contributed by atoms with Gasteiger partial charge in [0.25, 0.3) is 0 Å². The number of likely N-dealkylation sites (N-methyl/N-ethyl adjacent to an activating group) is 1. The zero-order chi connectivity index (χ0) is 16.2. The molecule has 1 rings (SSSR count). The van der Waals surface area contributed by atoms with E-state index in [-0.39, 0.29) is 21.5 Å². The van der Waals surface area contributed by atoms with Crippen molar-refractivity contribution in [1.29, 1.82) is 0 Å². The topological polar surface area (TPSA) is 101 Å². The van der Waals surface area contributed by atoms with Crippen molar-refractivity contribution < 1.29 is 27.9 Å². The fourth-order valence-electron chi connectivity index (χ4n) is 1.48. The highest BCUT2D eigenvalue weighted by molar-refractivity contribution is 9.10. The number of rotatable bonds is 6. The van der Waals surface area contributed by atoms with Crippen LogP contribution in [0.3, 0.4) is 0 Å². The van der Waals surface area contributed by atoms with Crippen molar-refractivity contribution in [2.24, 2.45) is 0 Å². The van der Waals surface area contributed by atoms with Crippen molar-refractivity contribution in [3.8, 4) is 0 Å². The van der Waals surface area contributed by atoms with Gasteiger partial charge in [-0.15, -0.1) is 0 Å². The minimum atomic E-state index is -4.02. The summed E-state index contributed by atoms with van der Waals surface area (Å²) in [4.78, 5) is 22.1. The smallest absolute Gasteiger partial charge is 0.335 e. The molecule has 0 heterocycles. The highest BCUT2D eigenvalue weighted by Crippen LogP contribution is 2.25. The molecule has 0 aliphatic rings. The second-order valence-corrected chi connectivity index (χ2v) is 6.88. The number of carbonyl (C=O) groups is 2. The van der Waals surface area contributed by atoms with Gasteiger partial charge in [-0.25, -0.2) is 13.2 Å². The van der Waals surface area contributed by atoms with Gasteiger partial charge in [-0.2, -0.15) is 4.31 Å². The Morgan fingerprint density at radius 2 is 2.00 bits per heavy atom. The minimum Gasteiger partial charge on any atom is -0.478 e. The van der Waals surface area contributed by atoms with E-state index in [1.165, 1.54) is 19.2 Å². The zero-order valence-corrected chi connectivity index (χ0v) is 13.8. The number of ether oxygens (including phenoxy) is 1. The molecule has 0 unspecified atom stereocenters. The molecule has 116 valence electrons. The van der Waals surface area contributed by atoms with Gasteiger partial charge in [0.15, 0.2) is 0 Å². The van der Waals surface area contributed by atoms with Gasteiger partial charge in [-0.3, -0.25) is 4.79 Å².